The van der Waals surface area contributed by atoms with Crippen LogP contribution in [0, 0.1) is 5.92 Å². The smallest absolute Gasteiger partial charge is 0.316 e. The van der Waals surface area contributed by atoms with Gasteiger partial charge in [0.15, 0.2) is 5.78 Å². The van der Waals surface area contributed by atoms with Crippen LogP contribution in [0.1, 0.15) is 29.3 Å². The lowest BCUT2D eigenvalue weighted by molar-refractivity contribution is -0.156. The van der Waals surface area contributed by atoms with Gasteiger partial charge in [0.05, 0.1) is 24.2 Å². The number of Topliss-reactive ketones (excluding diaryl/α,β-unsaturated/α-hetero) is 1. The Bertz CT molecular complexity index is 1170. The first kappa shape index (κ1) is 19.2. The topological polar surface area (TPSA) is 82.6 Å². The number of aromatic amines is 1. The monoisotopic (exact) mass is 424 g/mol. The summed E-state index contributed by atoms with van der Waals surface area (Å²) in [5.41, 5.74) is 3.93. The minimum Gasteiger partial charge on any atom is -0.506 e. The van der Waals surface area contributed by atoms with Crippen LogP contribution >= 0.6 is 11.6 Å². The number of hydrogen-bond acceptors (Lipinski definition) is 5. The number of phenolic OH excluding ortho intramolecular Hbond substituents is 1. The van der Waals surface area contributed by atoms with Gasteiger partial charge in [0, 0.05) is 23.1 Å². The van der Waals surface area contributed by atoms with Crippen LogP contribution in [-0.2, 0) is 27.3 Å². The molecular formula is C23H21ClN2O4. The van der Waals surface area contributed by atoms with Gasteiger partial charge in [-0.2, -0.15) is 0 Å². The van der Waals surface area contributed by atoms with Gasteiger partial charge in [-0.05, 0) is 36.1 Å². The van der Waals surface area contributed by atoms with E-state index in [1.165, 1.54) is 13.2 Å². The van der Waals surface area contributed by atoms with Gasteiger partial charge >= 0.3 is 5.97 Å². The number of nitrogens with zero attached hydrogens (tertiary/aromatic N) is 1. The third-order valence-corrected chi connectivity index (χ3v) is 6.84. The number of esters is 1. The Morgan fingerprint density at radius 1 is 1.23 bits per heavy atom. The number of nitrogens with one attached hydrogen (secondary N) is 1. The number of para-hydroxylation sites is 1. The van der Waals surface area contributed by atoms with Crippen molar-refractivity contribution in [2.24, 2.45) is 5.92 Å². The molecule has 3 heterocycles. The second-order valence-corrected chi connectivity index (χ2v) is 8.31. The number of fused-ring (bicyclic) bond motifs is 6. The lowest BCUT2D eigenvalue weighted by atomic mass is 9.76. The number of methoxy groups -OCH3 is 1. The number of piperidine rings is 1. The van der Waals surface area contributed by atoms with Gasteiger partial charge < -0.3 is 14.8 Å². The maximum absolute atomic E-state index is 13.3. The van der Waals surface area contributed by atoms with Crippen molar-refractivity contribution in [3.63, 3.8) is 0 Å². The van der Waals surface area contributed by atoms with Gasteiger partial charge in [-0.1, -0.05) is 41.9 Å². The highest BCUT2D eigenvalue weighted by Gasteiger charge is 2.50. The maximum atomic E-state index is 13.3. The average molecular weight is 425 g/mol. The maximum Gasteiger partial charge on any atom is 0.316 e. The van der Waals surface area contributed by atoms with E-state index in [0.717, 1.165) is 27.7 Å². The summed E-state index contributed by atoms with van der Waals surface area (Å²) in [6.07, 6.45) is 0.858. The molecule has 3 aromatic rings. The molecular weight excluding hydrogens is 404 g/mol. The van der Waals surface area contributed by atoms with Crippen molar-refractivity contribution in [2.75, 3.05) is 7.11 Å². The first-order valence-corrected chi connectivity index (χ1v) is 10.3. The molecule has 0 saturated carbocycles. The summed E-state index contributed by atoms with van der Waals surface area (Å²) in [6, 6.07) is 12.6. The van der Waals surface area contributed by atoms with Crippen molar-refractivity contribution >= 4 is 34.3 Å². The van der Waals surface area contributed by atoms with E-state index >= 15 is 0 Å². The van der Waals surface area contributed by atoms with Gasteiger partial charge in [-0.25, -0.2) is 0 Å². The molecule has 2 N–H and O–H groups in total. The van der Waals surface area contributed by atoms with E-state index in [9.17, 15) is 14.7 Å². The van der Waals surface area contributed by atoms with Gasteiger partial charge in [0.1, 0.15) is 11.7 Å². The molecule has 2 aliphatic heterocycles. The fourth-order valence-corrected chi connectivity index (χ4v) is 5.15. The van der Waals surface area contributed by atoms with Crippen LogP contribution in [0.4, 0.5) is 0 Å². The number of carbonyl (C=O) groups excluding carboxylic acids is 2. The zero-order valence-electron chi connectivity index (χ0n) is 16.4. The summed E-state index contributed by atoms with van der Waals surface area (Å²) < 4.78 is 4.92. The van der Waals surface area contributed by atoms with Gasteiger partial charge in [-0.15, -0.1) is 0 Å². The number of H-pyrrole nitrogens is 1. The summed E-state index contributed by atoms with van der Waals surface area (Å²) in [7, 11) is 1.32. The van der Waals surface area contributed by atoms with Crippen molar-refractivity contribution in [1.29, 1.82) is 0 Å². The van der Waals surface area contributed by atoms with Crippen molar-refractivity contribution < 1.29 is 19.4 Å². The van der Waals surface area contributed by atoms with Crippen molar-refractivity contribution in [3.8, 4) is 5.75 Å². The number of benzene rings is 2. The molecule has 6 nitrogen and oxygen atoms in total. The normalized spacial score (nSPS) is 23.4. The molecule has 1 fully saturated rings. The summed E-state index contributed by atoms with van der Waals surface area (Å²) >= 11 is 6.33. The zero-order valence-corrected chi connectivity index (χ0v) is 17.1. The largest absolute Gasteiger partial charge is 0.506 e. The predicted octanol–water partition coefficient (Wildman–Crippen LogP) is 3.76. The highest BCUT2D eigenvalue weighted by Crippen LogP contribution is 2.46. The number of aromatic nitrogens is 1. The molecule has 3 atom stereocenters. The molecule has 30 heavy (non-hydrogen) atoms. The lowest BCUT2D eigenvalue weighted by Crippen LogP contribution is -2.56. The Morgan fingerprint density at radius 3 is 2.83 bits per heavy atom. The summed E-state index contributed by atoms with van der Waals surface area (Å²) in [5, 5.41) is 11.4. The Hall–Kier alpha value is -2.83. The lowest BCUT2D eigenvalue weighted by Gasteiger charge is -2.47. The number of hydrogen-bond donors (Lipinski definition) is 2. The van der Waals surface area contributed by atoms with E-state index in [1.54, 1.807) is 6.07 Å². The van der Waals surface area contributed by atoms with Crippen LogP contribution in [0.5, 0.6) is 5.75 Å². The van der Waals surface area contributed by atoms with E-state index in [0.29, 0.717) is 19.4 Å². The van der Waals surface area contributed by atoms with Crippen LogP contribution in [0.25, 0.3) is 10.9 Å². The molecule has 7 heteroatoms. The Balaban J connectivity index is 1.62. The number of phenols is 1. The van der Waals surface area contributed by atoms with Crippen LogP contribution in [0.2, 0.25) is 5.02 Å². The fourth-order valence-electron chi connectivity index (χ4n) is 4.97. The number of halogens is 1. The Kier molecular flexibility index (Phi) is 4.56. The number of carbonyl (C=O) groups is 2. The second-order valence-electron chi connectivity index (χ2n) is 7.93. The minimum absolute atomic E-state index is 0.0152. The SMILES string of the molecule is COC(=O)C1C[C@H]2c3[nH]c4ccccc4c3CC(C1=O)N2Cc1cccc(O)c1Cl. The highest BCUT2D eigenvalue weighted by atomic mass is 35.5. The molecule has 0 amide bonds. The van der Waals surface area contributed by atoms with E-state index in [-0.39, 0.29) is 22.6 Å². The van der Waals surface area contributed by atoms with Crippen molar-refractivity contribution in [2.45, 2.75) is 31.5 Å². The zero-order chi connectivity index (χ0) is 21.0. The molecule has 0 spiro atoms. The van der Waals surface area contributed by atoms with Crippen molar-refractivity contribution in [1.82, 2.24) is 9.88 Å². The molecule has 2 unspecified atom stereocenters. The quantitative estimate of drug-likeness (QED) is 0.494. The Morgan fingerprint density at radius 2 is 2.03 bits per heavy atom. The summed E-state index contributed by atoms with van der Waals surface area (Å²) in [6.45, 7) is 0.400. The van der Waals surface area contributed by atoms with Gasteiger partial charge in [0.2, 0.25) is 0 Å². The first-order chi connectivity index (χ1) is 14.5. The third kappa shape index (κ3) is 2.82. The van der Waals surface area contributed by atoms with E-state index < -0.39 is 17.9 Å². The third-order valence-electron chi connectivity index (χ3n) is 6.41. The summed E-state index contributed by atoms with van der Waals surface area (Å²) in [4.78, 5) is 31.3. The second kappa shape index (κ2) is 7.15. The van der Waals surface area contributed by atoms with Crippen LogP contribution in [-0.4, -0.2) is 39.9 Å². The molecule has 1 saturated heterocycles. The average Bonchev–Trinajstić information content (AvgIpc) is 3.12. The first-order valence-electron chi connectivity index (χ1n) is 9.92. The predicted molar refractivity (Wildman–Crippen MR) is 112 cm³/mol. The fraction of sp³-hybridized carbons (Fsp3) is 0.304. The number of rotatable bonds is 3. The molecule has 5 rings (SSSR count). The van der Waals surface area contributed by atoms with E-state index in [2.05, 4.69) is 16.0 Å². The molecule has 2 aromatic carbocycles. The molecule has 0 radical (unpaired) electrons. The molecule has 1 aromatic heterocycles. The molecule has 2 bridgehead atoms. The minimum atomic E-state index is -0.777. The van der Waals surface area contributed by atoms with Gasteiger partial charge in [-0.3, -0.25) is 14.5 Å². The van der Waals surface area contributed by atoms with E-state index in [4.69, 9.17) is 16.3 Å². The molecule has 154 valence electrons. The summed E-state index contributed by atoms with van der Waals surface area (Å²) in [5.74, 6) is -1.36. The van der Waals surface area contributed by atoms with Crippen LogP contribution in [0.3, 0.4) is 0 Å². The van der Waals surface area contributed by atoms with Gasteiger partial charge in [0.25, 0.3) is 0 Å². The number of ether oxygens (including phenoxy) is 1. The standard InChI is InChI=1S/C23H21ClN2O4/c1-30-23(29)15-10-17-21-14(13-6-2-3-7-16(13)25-21)9-18(22(15)28)26(17)11-12-5-4-8-19(27)20(12)24/h2-8,15,17-18,25,27H,9-11H2,1H3/t15?,17-,18?/m0/s1. The highest BCUT2D eigenvalue weighted by molar-refractivity contribution is 6.32. The number of aromatic hydroxyl groups is 1. The van der Waals surface area contributed by atoms with E-state index in [1.807, 2.05) is 24.3 Å². The number of ketones is 1. The van der Waals surface area contributed by atoms with Crippen molar-refractivity contribution in [3.05, 3.63) is 64.3 Å². The van der Waals surface area contributed by atoms with Crippen LogP contribution < -0.4 is 0 Å². The molecule has 2 aliphatic rings. The van der Waals surface area contributed by atoms with Crippen LogP contribution in [0.15, 0.2) is 42.5 Å². The molecule has 0 aliphatic carbocycles. The Labute approximate surface area is 178 Å².